The first-order chi connectivity index (χ1) is 17.4. The molecule has 1 amide bonds. The molecule has 2 aromatic carbocycles. The van der Waals surface area contributed by atoms with E-state index in [1.54, 1.807) is 13.4 Å². The van der Waals surface area contributed by atoms with Crippen molar-refractivity contribution in [2.75, 3.05) is 7.11 Å². The topological polar surface area (TPSA) is 86.3 Å². The number of hydrogen-bond acceptors (Lipinski definition) is 5. The Hall–Kier alpha value is -4.46. The molecule has 5 aromatic rings. The lowest BCUT2D eigenvalue weighted by molar-refractivity contribution is -0.119. The van der Waals surface area contributed by atoms with Gasteiger partial charge in [-0.15, -0.1) is 0 Å². The highest BCUT2D eigenvalue weighted by atomic mass is 16.5. The summed E-state index contributed by atoms with van der Waals surface area (Å²) in [4.78, 5) is 20.5. The molecule has 0 atom stereocenters. The zero-order valence-electron chi connectivity index (χ0n) is 20.8. The van der Waals surface area contributed by atoms with E-state index >= 15 is 0 Å². The predicted octanol–water partition coefficient (Wildman–Crippen LogP) is 4.43. The number of ether oxygens (including phenoxy) is 1. The summed E-state index contributed by atoms with van der Waals surface area (Å²) in [6.45, 7) is 6.02. The number of carbonyl (C=O) groups is 1. The Kier molecular flexibility index (Phi) is 6.25. The van der Waals surface area contributed by atoms with E-state index in [-0.39, 0.29) is 5.91 Å². The molecule has 5 rings (SSSR count). The third-order valence-electron chi connectivity index (χ3n) is 5.99. The van der Waals surface area contributed by atoms with E-state index < -0.39 is 0 Å². The third kappa shape index (κ3) is 4.84. The summed E-state index contributed by atoms with van der Waals surface area (Å²) in [7, 11) is 1.67. The summed E-state index contributed by atoms with van der Waals surface area (Å²) in [5, 5.41) is 7.63. The fraction of sp³-hybridized carbons (Fsp3) is 0.214. The molecule has 1 N–H and O–H groups in total. The van der Waals surface area contributed by atoms with Crippen LogP contribution in [-0.2, 0) is 17.8 Å². The molecule has 0 fully saturated rings. The van der Waals surface area contributed by atoms with Gasteiger partial charge in [0.1, 0.15) is 5.75 Å². The second-order valence-corrected chi connectivity index (χ2v) is 8.94. The van der Waals surface area contributed by atoms with Crippen LogP contribution < -0.4 is 10.1 Å². The quantitative estimate of drug-likeness (QED) is 0.372. The van der Waals surface area contributed by atoms with Crippen LogP contribution in [0.2, 0.25) is 0 Å². The van der Waals surface area contributed by atoms with E-state index in [2.05, 4.69) is 34.6 Å². The maximum absolute atomic E-state index is 11.3. The number of hydrogen-bond donors (Lipinski definition) is 1. The van der Waals surface area contributed by atoms with Crippen molar-refractivity contribution in [3.8, 4) is 22.6 Å². The molecule has 0 bridgehead atoms. The number of nitrogens with zero attached hydrogens (tertiary/aromatic N) is 5. The van der Waals surface area contributed by atoms with Gasteiger partial charge in [-0.3, -0.25) is 4.79 Å². The van der Waals surface area contributed by atoms with Crippen molar-refractivity contribution in [2.45, 2.75) is 33.7 Å². The molecule has 8 heteroatoms. The van der Waals surface area contributed by atoms with E-state index in [9.17, 15) is 4.79 Å². The number of benzene rings is 2. The van der Waals surface area contributed by atoms with E-state index in [4.69, 9.17) is 14.8 Å². The highest BCUT2D eigenvalue weighted by molar-refractivity contribution is 5.78. The molecule has 3 heterocycles. The Morgan fingerprint density at radius 1 is 1.06 bits per heavy atom. The van der Waals surface area contributed by atoms with Gasteiger partial charge in [-0.05, 0) is 60.4 Å². The van der Waals surface area contributed by atoms with Gasteiger partial charge < -0.3 is 14.6 Å². The van der Waals surface area contributed by atoms with Gasteiger partial charge in [0.25, 0.3) is 0 Å². The van der Waals surface area contributed by atoms with Crippen LogP contribution in [0.25, 0.3) is 22.5 Å². The summed E-state index contributed by atoms with van der Waals surface area (Å²) in [6, 6.07) is 16.4. The van der Waals surface area contributed by atoms with Crippen LogP contribution in [0.3, 0.4) is 0 Å². The normalized spacial score (nSPS) is 11.1. The maximum atomic E-state index is 11.3. The fourth-order valence-corrected chi connectivity index (χ4v) is 4.31. The molecule has 3 aromatic heterocycles. The molecule has 8 nitrogen and oxygen atoms in total. The van der Waals surface area contributed by atoms with Crippen LogP contribution in [-0.4, -0.2) is 37.2 Å². The molecule has 0 saturated heterocycles. The number of amides is 1. The van der Waals surface area contributed by atoms with Crippen LogP contribution in [0.1, 0.15) is 35.1 Å². The Morgan fingerprint density at radius 3 is 2.67 bits per heavy atom. The van der Waals surface area contributed by atoms with Gasteiger partial charge in [-0.2, -0.15) is 5.10 Å². The average Bonchev–Trinajstić information content (AvgIpc) is 3.47. The van der Waals surface area contributed by atoms with Gasteiger partial charge >= 0.3 is 0 Å². The number of methoxy groups -OCH3 is 1. The molecular weight excluding hydrogens is 452 g/mol. The summed E-state index contributed by atoms with van der Waals surface area (Å²) in [5.74, 6) is 1.44. The Labute approximate surface area is 209 Å². The number of aromatic nitrogens is 5. The summed E-state index contributed by atoms with van der Waals surface area (Å²) >= 11 is 0. The first-order valence-electron chi connectivity index (χ1n) is 11.8. The number of pyridine rings is 1. The molecule has 0 radical (unpaired) electrons. The van der Waals surface area contributed by atoms with Crippen LogP contribution in [0.5, 0.6) is 5.75 Å². The Balaban J connectivity index is 1.47. The zero-order valence-corrected chi connectivity index (χ0v) is 20.8. The highest BCUT2D eigenvalue weighted by Gasteiger charge is 2.14. The second kappa shape index (κ2) is 9.65. The summed E-state index contributed by atoms with van der Waals surface area (Å²) < 4.78 is 9.47. The molecule has 182 valence electrons. The van der Waals surface area contributed by atoms with Gasteiger partial charge in [-0.1, -0.05) is 24.3 Å². The maximum Gasteiger partial charge on any atom is 0.217 e. The lowest BCUT2D eigenvalue weighted by Crippen LogP contribution is -2.18. The molecule has 0 saturated carbocycles. The van der Waals surface area contributed by atoms with Crippen LogP contribution in [0.4, 0.5) is 0 Å². The number of carbonyl (C=O) groups excluding carboxylic acids is 1. The first-order valence-corrected chi connectivity index (χ1v) is 11.8. The van der Waals surface area contributed by atoms with Gasteiger partial charge in [-0.25, -0.2) is 14.5 Å². The molecular formula is C28H28N6O2. The number of fused-ring (bicyclic) bond motifs is 1. The highest BCUT2D eigenvalue weighted by Crippen LogP contribution is 2.28. The standard InChI is InChI=1S/C28H28N6O2/c1-18-10-24(23-7-5-6-22(11-23)14-29-20(3)35)28-31-27(32-34(28)15-18)13-21-8-9-25(26(12-21)36-4)33-16-19(2)30-17-33/h5-12,15-17H,13-14H2,1-4H3,(H,29,35). The van der Waals surface area contributed by atoms with Crippen molar-refractivity contribution in [1.29, 1.82) is 0 Å². The van der Waals surface area contributed by atoms with E-state index in [0.29, 0.717) is 13.0 Å². The molecule has 0 aliphatic rings. The summed E-state index contributed by atoms with van der Waals surface area (Å²) in [5.41, 5.74) is 7.88. The number of rotatable bonds is 7. The minimum absolute atomic E-state index is 0.0507. The molecule has 0 unspecified atom stereocenters. The smallest absolute Gasteiger partial charge is 0.217 e. The number of imidazole rings is 1. The lowest BCUT2D eigenvalue weighted by Gasteiger charge is -2.10. The van der Waals surface area contributed by atoms with E-state index in [1.165, 1.54) is 6.92 Å². The van der Waals surface area contributed by atoms with Crippen molar-refractivity contribution < 1.29 is 9.53 Å². The second-order valence-electron chi connectivity index (χ2n) is 8.94. The molecule has 36 heavy (non-hydrogen) atoms. The molecule has 0 aliphatic heterocycles. The van der Waals surface area contributed by atoms with Gasteiger partial charge in [0.2, 0.25) is 5.91 Å². The van der Waals surface area contributed by atoms with Crippen molar-refractivity contribution in [1.82, 2.24) is 29.5 Å². The first kappa shape index (κ1) is 23.3. The van der Waals surface area contributed by atoms with Crippen LogP contribution in [0.15, 0.2) is 67.3 Å². The lowest BCUT2D eigenvalue weighted by atomic mass is 10.0. The van der Waals surface area contributed by atoms with Crippen molar-refractivity contribution in [2.24, 2.45) is 0 Å². The minimum atomic E-state index is -0.0507. The minimum Gasteiger partial charge on any atom is -0.495 e. The Morgan fingerprint density at radius 2 is 1.92 bits per heavy atom. The zero-order chi connectivity index (χ0) is 25.2. The monoisotopic (exact) mass is 480 g/mol. The van der Waals surface area contributed by atoms with Crippen LogP contribution in [0, 0.1) is 13.8 Å². The average molecular weight is 481 g/mol. The Bertz CT molecular complexity index is 1570. The fourth-order valence-electron chi connectivity index (χ4n) is 4.31. The van der Waals surface area contributed by atoms with Crippen LogP contribution >= 0.6 is 0 Å². The largest absolute Gasteiger partial charge is 0.495 e. The van der Waals surface area contributed by atoms with Crippen molar-refractivity contribution in [3.05, 3.63) is 95.5 Å². The predicted molar refractivity (Wildman–Crippen MR) is 138 cm³/mol. The molecule has 0 spiro atoms. The summed E-state index contributed by atoms with van der Waals surface area (Å²) in [6.07, 6.45) is 6.31. The number of aryl methyl sites for hydroxylation is 2. The number of nitrogens with one attached hydrogen (secondary N) is 1. The van der Waals surface area contributed by atoms with Crippen molar-refractivity contribution >= 4 is 11.6 Å². The van der Waals surface area contributed by atoms with Gasteiger partial charge in [0, 0.05) is 37.8 Å². The SMILES string of the molecule is COc1cc(Cc2nc3c(-c4cccc(CNC(C)=O)c4)cc(C)cn3n2)ccc1-n1cnc(C)c1. The van der Waals surface area contributed by atoms with E-state index in [0.717, 1.165) is 56.4 Å². The third-order valence-corrected chi connectivity index (χ3v) is 5.99. The van der Waals surface area contributed by atoms with Gasteiger partial charge in [0.05, 0.1) is 24.8 Å². The van der Waals surface area contributed by atoms with E-state index in [1.807, 2.05) is 59.6 Å². The molecule has 0 aliphatic carbocycles. The van der Waals surface area contributed by atoms with Gasteiger partial charge in [0.15, 0.2) is 11.5 Å². The van der Waals surface area contributed by atoms with Crippen molar-refractivity contribution in [3.63, 3.8) is 0 Å².